The quantitative estimate of drug-likeness (QED) is 0.679. The van der Waals surface area contributed by atoms with Gasteiger partial charge >= 0.3 is 5.97 Å². The number of rotatable bonds is 3. The van der Waals surface area contributed by atoms with E-state index in [1.165, 1.54) is 7.11 Å². The van der Waals surface area contributed by atoms with E-state index < -0.39 is 5.97 Å². The Hall–Kier alpha value is -2.96. The van der Waals surface area contributed by atoms with Gasteiger partial charge in [0.2, 0.25) is 0 Å². The first-order valence-corrected chi connectivity index (χ1v) is 6.16. The Morgan fingerprint density at radius 2 is 2.05 bits per heavy atom. The van der Waals surface area contributed by atoms with Crippen molar-refractivity contribution in [2.75, 3.05) is 14.2 Å². The van der Waals surface area contributed by atoms with E-state index in [0.717, 1.165) is 5.56 Å². The minimum Gasteiger partial charge on any atom is -0.494 e. The zero-order valence-corrected chi connectivity index (χ0v) is 11.5. The van der Waals surface area contributed by atoms with Crippen LogP contribution in [0.5, 0.6) is 5.75 Å². The Labute approximate surface area is 120 Å². The largest absolute Gasteiger partial charge is 0.494 e. The summed E-state index contributed by atoms with van der Waals surface area (Å²) in [7, 11) is 2.90. The summed E-state index contributed by atoms with van der Waals surface area (Å²) in [4.78, 5) is 15.6. The van der Waals surface area contributed by atoms with Gasteiger partial charge in [0.1, 0.15) is 5.75 Å². The number of methoxy groups -OCH3 is 2. The molecule has 3 rings (SSSR count). The molecular formula is C14H12N4O3. The number of carbonyl (C=O) groups is 1. The van der Waals surface area contributed by atoms with Crippen LogP contribution in [0.4, 0.5) is 0 Å². The first-order valence-electron chi connectivity index (χ1n) is 6.16. The lowest BCUT2D eigenvalue weighted by atomic mass is 10.2. The van der Waals surface area contributed by atoms with Crippen LogP contribution in [0.3, 0.4) is 0 Å². The number of fused-ring (bicyclic) bond motifs is 1. The number of hydrogen-bond donors (Lipinski definition) is 0. The van der Waals surface area contributed by atoms with Crippen molar-refractivity contribution in [3.8, 4) is 17.1 Å². The van der Waals surface area contributed by atoms with E-state index in [1.807, 2.05) is 0 Å². The fourth-order valence-corrected chi connectivity index (χ4v) is 2.04. The van der Waals surface area contributed by atoms with Gasteiger partial charge in [0.05, 0.1) is 31.5 Å². The maximum absolute atomic E-state index is 11.6. The lowest BCUT2D eigenvalue weighted by molar-refractivity contribution is 0.0600. The number of hydrogen-bond acceptors (Lipinski definition) is 6. The number of carbonyl (C=O) groups excluding carboxylic acids is 1. The summed E-state index contributed by atoms with van der Waals surface area (Å²) >= 11 is 0. The van der Waals surface area contributed by atoms with Gasteiger partial charge in [-0.05, 0) is 18.2 Å². The molecule has 106 valence electrons. The highest BCUT2D eigenvalue weighted by Crippen LogP contribution is 2.27. The highest BCUT2D eigenvalue weighted by atomic mass is 16.5. The van der Waals surface area contributed by atoms with Gasteiger partial charge in [0, 0.05) is 12.4 Å². The van der Waals surface area contributed by atoms with Crippen molar-refractivity contribution in [2.45, 2.75) is 0 Å². The van der Waals surface area contributed by atoms with Crippen LogP contribution in [0.2, 0.25) is 0 Å². The average Bonchev–Trinajstić information content (AvgIpc) is 2.96. The minimum absolute atomic E-state index is 0.416. The lowest BCUT2D eigenvalue weighted by Crippen LogP contribution is -2.03. The summed E-state index contributed by atoms with van der Waals surface area (Å²) < 4.78 is 11.7. The molecule has 0 aliphatic rings. The van der Waals surface area contributed by atoms with Crippen LogP contribution in [-0.2, 0) is 4.74 Å². The number of nitrogens with zero attached hydrogens (tertiary/aromatic N) is 4. The molecule has 3 aromatic heterocycles. The van der Waals surface area contributed by atoms with Crippen LogP contribution in [-0.4, -0.2) is 39.8 Å². The maximum Gasteiger partial charge on any atom is 0.339 e. The third kappa shape index (κ3) is 2.18. The van der Waals surface area contributed by atoms with E-state index in [1.54, 1.807) is 48.3 Å². The summed E-state index contributed by atoms with van der Waals surface area (Å²) in [5, 5.41) is 8.24. The van der Waals surface area contributed by atoms with Gasteiger partial charge in [0.25, 0.3) is 0 Å². The molecule has 0 bridgehead atoms. The Morgan fingerprint density at radius 1 is 1.19 bits per heavy atom. The van der Waals surface area contributed by atoms with Gasteiger partial charge in [-0.3, -0.25) is 9.38 Å². The Morgan fingerprint density at radius 3 is 2.81 bits per heavy atom. The molecule has 0 amide bonds. The maximum atomic E-state index is 11.6. The van der Waals surface area contributed by atoms with E-state index in [-0.39, 0.29) is 0 Å². The summed E-state index contributed by atoms with van der Waals surface area (Å²) in [6.07, 6.45) is 4.88. The molecule has 7 heteroatoms. The van der Waals surface area contributed by atoms with Gasteiger partial charge in [-0.25, -0.2) is 4.79 Å². The predicted octanol–water partition coefficient (Wildman–Crippen LogP) is 1.59. The summed E-state index contributed by atoms with van der Waals surface area (Å²) in [5.41, 5.74) is 1.78. The van der Waals surface area contributed by atoms with Crippen molar-refractivity contribution in [3.05, 3.63) is 42.4 Å². The number of aromatic nitrogens is 4. The smallest absolute Gasteiger partial charge is 0.339 e. The van der Waals surface area contributed by atoms with Crippen LogP contribution >= 0.6 is 0 Å². The summed E-state index contributed by atoms with van der Waals surface area (Å²) in [6, 6.07) is 5.12. The fourth-order valence-electron chi connectivity index (χ4n) is 2.04. The minimum atomic E-state index is -0.418. The second-order valence-corrected chi connectivity index (χ2v) is 4.24. The monoisotopic (exact) mass is 284 g/mol. The van der Waals surface area contributed by atoms with Crippen LogP contribution < -0.4 is 4.74 Å². The van der Waals surface area contributed by atoms with Gasteiger partial charge in [-0.15, -0.1) is 10.2 Å². The molecule has 0 aliphatic heterocycles. The SMILES string of the molecule is COC(=O)c1ccc2nnc(-c3ccncc3OC)n2c1. The highest BCUT2D eigenvalue weighted by molar-refractivity contribution is 5.89. The van der Waals surface area contributed by atoms with Crippen LogP contribution in [0.15, 0.2) is 36.8 Å². The lowest BCUT2D eigenvalue weighted by Gasteiger charge is -2.06. The van der Waals surface area contributed by atoms with Crippen molar-refractivity contribution in [1.82, 2.24) is 19.6 Å². The molecule has 0 N–H and O–H groups in total. The molecule has 0 saturated heterocycles. The van der Waals surface area contributed by atoms with Gasteiger partial charge < -0.3 is 9.47 Å². The van der Waals surface area contributed by atoms with Crippen molar-refractivity contribution < 1.29 is 14.3 Å². The summed E-state index contributed by atoms with van der Waals surface area (Å²) in [5.74, 6) is 0.725. The Balaban J connectivity index is 2.21. The first-order chi connectivity index (χ1) is 10.2. The molecule has 0 aliphatic carbocycles. The van der Waals surface area contributed by atoms with Crippen molar-refractivity contribution in [3.63, 3.8) is 0 Å². The van der Waals surface area contributed by atoms with E-state index in [9.17, 15) is 4.79 Å². The molecule has 3 heterocycles. The zero-order chi connectivity index (χ0) is 14.8. The third-order valence-electron chi connectivity index (χ3n) is 3.07. The number of ether oxygens (including phenoxy) is 2. The average molecular weight is 284 g/mol. The molecule has 0 radical (unpaired) electrons. The van der Waals surface area contributed by atoms with Crippen LogP contribution in [0, 0.1) is 0 Å². The second kappa shape index (κ2) is 5.20. The number of esters is 1. The molecule has 21 heavy (non-hydrogen) atoms. The summed E-state index contributed by atoms with van der Waals surface area (Å²) in [6.45, 7) is 0. The van der Waals surface area contributed by atoms with Crippen molar-refractivity contribution in [1.29, 1.82) is 0 Å². The van der Waals surface area contributed by atoms with Gasteiger partial charge in [-0.1, -0.05) is 0 Å². The third-order valence-corrected chi connectivity index (χ3v) is 3.07. The van der Waals surface area contributed by atoms with Gasteiger partial charge in [-0.2, -0.15) is 0 Å². The van der Waals surface area contributed by atoms with Gasteiger partial charge in [0.15, 0.2) is 11.5 Å². The molecule has 0 fully saturated rings. The molecule has 0 spiro atoms. The van der Waals surface area contributed by atoms with Crippen molar-refractivity contribution in [2.24, 2.45) is 0 Å². The van der Waals surface area contributed by atoms with Crippen LogP contribution in [0.1, 0.15) is 10.4 Å². The molecule has 0 atom stereocenters. The highest BCUT2D eigenvalue weighted by Gasteiger charge is 2.15. The zero-order valence-electron chi connectivity index (χ0n) is 11.5. The Bertz CT molecular complexity index is 813. The van der Waals surface area contributed by atoms with E-state index >= 15 is 0 Å². The fraction of sp³-hybridized carbons (Fsp3) is 0.143. The Kier molecular flexibility index (Phi) is 3.23. The standard InChI is InChI=1S/C14H12N4O3/c1-20-11-7-15-6-5-10(11)13-17-16-12-4-3-9(8-18(12)13)14(19)21-2/h3-8H,1-2H3. The van der Waals surface area contributed by atoms with E-state index in [4.69, 9.17) is 9.47 Å². The predicted molar refractivity (Wildman–Crippen MR) is 74.1 cm³/mol. The van der Waals surface area contributed by atoms with E-state index in [2.05, 4.69) is 15.2 Å². The molecule has 0 unspecified atom stereocenters. The molecule has 7 nitrogen and oxygen atoms in total. The molecule has 3 aromatic rings. The molecular weight excluding hydrogens is 272 g/mol. The first kappa shape index (κ1) is 13.0. The second-order valence-electron chi connectivity index (χ2n) is 4.24. The van der Waals surface area contributed by atoms with E-state index in [0.29, 0.717) is 22.8 Å². The molecule has 0 aromatic carbocycles. The number of pyridine rings is 2. The molecule has 0 saturated carbocycles. The normalized spacial score (nSPS) is 10.6. The topological polar surface area (TPSA) is 78.6 Å². The van der Waals surface area contributed by atoms with Crippen molar-refractivity contribution >= 4 is 11.6 Å². The van der Waals surface area contributed by atoms with Crippen LogP contribution in [0.25, 0.3) is 17.0 Å².